The molecule has 5 N–H and O–H groups in total. The lowest BCUT2D eigenvalue weighted by Gasteiger charge is -2.36. The number of aromatic nitrogens is 2. The molecule has 4 aliphatic rings. The Hall–Kier alpha value is -3.18. The molecule has 0 unspecified atom stereocenters. The van der Waals surface area contributed by atoms with E-state index < -0.39 is 5.82 Å². The van der Waals surface area contributed by atoms with Gasteiger partial charge in [0.2, 0.25) is 11.9 Å². The van der Waals surface area contributed by atoms with Crippen LogP contribution in [-0.2, 0) is 4.79 Å². The van der Waals surface area contributed by atoms with Gasteiger partial charge in [-0.3, -0.25) is 4.79 Å². The summed E-state index contributed by atoms with van der Waals surface area (Å²) >= 11 is 0. The number of likely N-dealkylation sites (N-methyl/N-ethyl adjacent to an activating group) is 1. The van der Waals surface area contributed by atoms with Gasteiger partial charge in [0, 0.05) is 56.6 Å². The molecule has 1 amide bonds. The highest BCUT2D eigenvalue weighted by molar-refractivity contribution is 5.79. The maximum Gasteiger partial charge on any atom is 0.229 e. The van der Waals surface area contributed by atoms with E-state index in [2.05, 4.69) is 48.8 Å². The maximum absolute atomic E-state index is 14.8. The number of hydrogen-bond acceptors (Lipinski definition) is 9. The van der Waals surface area contributed by atoms with Crippen LogP contribution in [0.15, 0.2) is 24.4 Å². The van der Waals surface area contributed by atoms with Gasteiger partial charge in [0.25, 0.3) is 0 Å². The Morgan fingerprint density at radius 1 is 1.22 bits per heavy atom. The summed E-state index contributed by atoms with van der Waals surface area (Å²) in [6.07, 6.45) is 2.89. The summed E-state index contributed by atoms with van der Waals surface area (Å²) in [5.41, 5.74) is 7.58. The van der Waals surface area contributed by atoms with E-state index in [-0.39, 0.29) is 47.5 Å². The van der Waals surface area contributed by atoms with Crippen LogP contribution < -0.4 is 31.3 Å². The number of nitrogens with two attached hydrogens (primary N) is 1. The van der Waals surface area contributed by atoms with Crippen molar-refractivity contribution in [2.24, 2.45) is 23.5 Å². The van der Waals surface area contributed by atoms with Gasteiger partial charge in [0.05, 0.1) is 17.8 Å². The third-order valence-electron chi connectivity index (χ3n) is 8.21. The summed E-state index contributed by atoms with van der Waals surface area (Å²) in [7, 11) is 2.14. The SMILES string of the molecule is CN1CCN(c2ccc3cc2OCCN[C@@H]2C[C@@H]4C[C@H]2[C@@H](Nc2nc(ncc2F)N3)[C@H]4C(N)=O)CC1. The van der Waals surface area contributed by atoms with Crippen molar-refractivity contribution in [1.82, 2.24) is 20.2 Å². The van der Waals surface area contributed by atoms with Crippen molar-refractivity contribution < 1.29 is 13.9 Å². The van der Waals surface area contributed by atoms with E-state index in [0.717, 1.165) is 62.3 Å². The van der Waals surface area contributed by atoms with Crippen molar-refractivity contribution in [2.45, 2.75) is 24.9 Å². The Labute approximate surface area is 209 Å². The second kappa shape index (κ2) is 9.36. The smallest absolute Gasteiger partial charge is 0.229 e. The maximum atomic E-state index is 14.8. The Bertz CT molecular complexity index is 1140. The number of carbonyl (C=O) groups is 1. The first-order valence-electron chi connectivity index (χ1n) is 12.8. The van der Waals surface area contributed by atoms with Crippen LogP contribution in [0.4, 0.5) is 27.5 Å². The normalized spacial score (nSPS) is 29.9. The van der Waals surface area contributed by atoms with Crippen LogP contribution in [0, 0.1) is 23.6 Å². The van der Waals surface area contributed by atoms with Gasteiger partial charge in [-0.05, 0) is 43.9 Å². The third-order valence-corrected chi connectivity index (χ3v) is 8.21. The summed E-state index contributed by atoms with van der Waals surface area (Å²) in [4.78, 5) is 25.5. The zero-order valence-corrected chi connectivity index (χ0v) is 20.4. The van der Waals surface area contributed by atoms with Gasteiger partial charge < -0.3 is 36.2 Å². The first-order chi connectivity index (χ1) is 17.5. The topological polar surface area (TPSA) is 121 Å². The van der Waals surface area contributed by atoms with E-state index in [1.807, 2.05) is 12.1 Å². The van der Waals surface area contributed by atoms with Crippen molar-refractivity contribution in [3.63, 3.8) is 0 Å². The number of carbonyl (C=O) groups excluding carboxylic acids is 1. The van der Waals surface area contributed by atoms with Gasteiger partial charge in [-0.2, -0.15) is 4.98 Å². The Kier molecular flexibility index (Phi) is 6.04. The molecule has 1 aromatic carbocycles. The molecule has 0 spiro atoms. The molecule has 3 fully saturated rings. The predicted octanol–water partition coefficient (Wildman–Crippen LogP) is 1.38. The molecule has 6 rings (SSSR count). The summed E-state index contributed by atoms with van der Waals surface area (Å²) in [5, 5.41) is 10.0. The highest BCUT2D eigenvalue weighted by Gasteiger charge is 2.55. The standard InChI is InChI=1S/C25H33FN8O2/c1-33-5-7-34(8-6-33)19-3-2-15-12-20(19)36-9-4-28-18-11-14-10-16(18)22(21(14)23(27)35)31-24-17(26)13-29-25(30-15)32-24/h2-3,12-14,16,18,21-22,28H,4-11H2,1H3,(H2,27,35)(H2,29,30,31,32)/t14-,16+,18+,21-,22+/m0/s1. The van der Waals surface area contributed by atoms with Crippen LogP contribution in [0.2, 0.25) is 0 Å². The number of piperazine rings is 1. The van der Waals surface area contributed by atoms with Crippen LogP contribution >= 0.6 is 0 Å². The number of ether oxygens (including phenoxy) is 1. The Morgan fingerprint density at radius 2 is 2.06 bits per heavy atom. The largest absolute Gasteiger partial charge is 0.490 e. The first kappa shape index (κ1) is 23.2. The molecular formula is C25H33FN8O2. The van der Waals surface area contributed by atoms with Crippen LogP contribution in [0.3, 0.4) is 0 Å². The second-order valence-corrected chi connectivity index (χ2v) is 10.4. The first-order valence-corrected chi connectivity index (χ1v) is 12.8. The number of amides is 1. The summed E-state index contributed by atoms with van der Waals surface area (Å²) in [6, 6.07) is 5.87. The molecule has 192 valence electrons. The van der Waals surface area contributed by atoms with Gasteiger partial charge in [-0.15, -0.1) is 0 Å². The molecule has 6 bridgehead atoms. The molecule has 11 heteroatoms. The molecule has 10 nitrogen and oxygen atoms in total. The number of hydrogen-bond donors (Lipinski definition) is 4. The zero-order valence-electron chi connectivity index (χ0n) is 20.4. The number of anilines is 4. The van der Waals surface area contributed by atoms with Gasteiger partial charge in [0.1, 0.15) is 12.4 Å². The third kappa shape index (κ3) is 4.30. The lowest BCUT2D eigenvalue weighted by atomic mass is 9.81. The van der Waals surface area contributed by atoms with Gasteiger partial charge in [-0.25, -0.2) is 9.37 Å². The number of fused-ring (bicyclic) bond motifs is 5. The predicted molar refractivity (Wildman–Crippen MR) is 135 cm³/mol. The van der Waals surface area contributed by atoms with Crippen molar-refractivity contribution in [3.05, 3.63) is 30.2 Å². The van der Waals surface area contributed by atoms with E-state index in [0.29, 0.717) is 13.2 Å². The average molecular weight is 497 g/mol. The number of nitrogens with one attached hydrogen (secondary N) is 3. The summed E-state index contributed by atoms with van der Waals surface area (Å²) < 4.78 is 21.1. The quantitative estimate of drug-likeness (QED) is 0.489. The lowest BCUT2D eigenvalue weighted by Crippen LogP contribution is -2.51. The van der Waals surface area contributed by atoms with Gasteiger partial charge in [-0.1, -0.05) is 0 Å². The fourth-order valence-electron chi connectivity index (χ4n) is 6.44. The van der Waals surface area contributed by atoms with Crippen LogP contribution in [0.25, 0.3) is 0 Å². The van der Waals surface area contributed by atoms with Crippen LogP contribution in [0.5, 0.6) is 5.75 Å². The van der Waals surface area contributed by atoms with Crippen LogP contribution in [0.1, 0.15) is 12.8 Å². The molecule has 2 aliphatic heterocycles. The molecule has 2 saturated carbocycles. The number of rotatable bonds is 2. The highest BCUT2D eigenvalue weighted by atomic mass is 19.1. The number of primary amides is 1. The molecule has 1 saturated heterocycles. The van der Waals surface area contributed by atoms with E-state index in [1.54, 1.807) is 0 Å². The fraction of sp³-hybridized carbons (Fsp3) is 0.560. The summed E-state index contributed by atoms with van der Waals surface area (Å²) in [6.45, 7) is 5.04. The molecule has 2 aliphatic carbocycles. The number of benzene rings is 1. The van der Waals surface area contributed by atoms with Crippen molar-refractivity contribution >= 4 is 29.0 Å². The van der Waals surface area contributed by atoms with Crippen LogP contribution in [-0.4, -0.2) is 79.2 Å². The minimum absolute atomic E-state index is 0.0791. The molecule has 3 heterocycles. The average Bonchev–Trinajstić information content (AvgIpc) is 3.42. The highest BCUT2D eigenvalue weighted by Crippen LogP contribution is 2.49. The van der Waals surface area contributed by atoms with E-state index in [4.69, 9.17) is 10.5 Å². The molecule has 5 atom stereocenters. The lowest BCUT2D eigenvalue weighted by molar-refractivity contribution is -0.123. The zero-order chi connectivity index (χ0) is 24.8. The molecule has 36 heavy (non-hydrogen) atoms. The Morgan fingerprint density at radius 3 is 2.86 bits per heavy atom. The van der Waals surface area contributed by atoms with Crippen molar-refractivity contribution in [2.75, 3.05) is 61.9 Å². The van der Waals surface area contributed by atoms with Crippen molar-refractivity contribution in [3.8, 4) is 5.75 Å². The molecule has 1 aromatic heterocycles. The molecular weight excluding hydrogens is 463 g/mol. The fourth-order valence-corrected chi connectivity index (χ4v) is 6.44. The minimum atomic E-state index is -0.560. The number of halogens is 1. The van der Waals surface area contributed by atoms with Crippen molar-refractivity contribution in [1.29, 1.82) is 0 Å². The Balaban J connectivity index is 1.32. The molecule has 2 aromatic rings. The molecule has 0 radical (unpaired) electrons. The van der Waals surface area contributed by atoms with E-state index in [9.17, 15) is 9.18 Å². The summed E-state index contributed by atoms with van der Waals surface area (Å²) in [5.74, 6) is 0.185. The number of nitrogens with zero attached hydrogens (tertiary/aromatic N) is 4. The monoisotopic (exact) mass is 496 g/mol. The minimum Gasteiger partial charge on any atom is -0.490 e. The second-order valence-electron chi connectivity index (χ2n) is 10.4. The van der Waals surface area contributed by atoms with E-state index >= 15 is 0 Å². The van der Waals surface area contributed by atoms with Gasteiger partial charge in [0.15, 0.2) is 11.6 Å². The van der Waals surface area contributed by atoms with E-state index in [1.165, 1.54) is 0 Å². The van der Waals surface area contributed by atoms with Gasteiger partial charge >= 0.3 is 0 Å².